The maximum Gasteiger partial charge on any atom is 0.636 e. The van der Waals surface area contributed by atoms with Crippen molar-refractivity contribution in [3.05, 3.63) is 89.3 Å². The van der Waals surface area contributed by atoms with Gasteiger partial charge in [-0.3, -0.25) is 4.79 Å². The number of hydrogen-bond donors (Lipinski definition) is 2. The maximum atomic E-state index is 11.8. The van der Waals surface area contributed by atoms with Gasteiger partial charge < -0.3 is 38.8 Å². The zero-order chi connectivity index (χ0) is 31.2. The second-order valence-corrected chi connectivity index (χ2v) is 10.9. The van der Waals surface area contributed by atoms with Crippen LogP contribution in [0.2, 0.25) is 0 Å². The monoisotopic (exact) mass is 600 g/mol. The molecular formula is C32H37BN4O7. The summed E-state index contributed by atoms with van der Waals surface area (Å²) in [5.41, 5.74) is 6.30. The van der Waals surface area contributed by atoms with Crippen LogP contribution in [-0.2, 0) is 20.7 Å². The van der Waals surface area contributed by atoms with E-state index in [0.29, 0.717) is 43.4 Å². The lowest BCUT2D eigenvalue weighted by Gasteiger charge is -2.20. The summed E-state index contributed by atoms with van der Waals surface area (Å²) in [4.78, 5) is 24.3. The third kappa shape index (κ3) is 7.37. The molecule has 0 unspecified atom stereocenters. The van der Waals surface area contributed by atoms with Gasteiger partial charge in [-0.15, -0.1) is 0 Å². The van der Waals surface area contributed by atoms with Gasteiger partial charge in [0, 0.05) is 37.6 Å². The Balaban J connectivity index is 1.21. The molecule has 230 valence electrons. The van der Waals surface area contributed by atoms with Crippen molar-refractivity contribution in [1.29, 1.82) is 0 Å². The number of aliphatic hydroxyl groups is 2. The molecule has 0 spiro atoms. The molecule has 2 aliphatic heterocycles. The predicted octanol–water partition coefficient (Wildman–Crippen LogP) is 4.43. The van der Waals surface area contributed by atoms with Crippen molar-refractivity contribution >= 4 is 18.5 Å². The number of ether oxygens (including phenoxy) is 2. The highest BCUT2D eigenvalue weighted by atomic mass is 16.7. The fourth-order valence-corrected chi connectivity index (χ4v) is 5.32. The Morgan fingerprint density at radius 2 is 1.64 bits per heavy atom. The van der Waals surface area contributed by atoms with Crippen LogP contribution in [0.15, 0.2) is 66.8 Å². The molecule has 5 rings (SSSR count). The minimum absolute atomic E-state index is 0.219. The zero-order valence-electron chi connectivity index (χ0n) is 25.4. The maximum absolute atomic E-state index is 11.8. The fourth-order valence-electron chi connectivity index (χ4n) is 5.32. The van der Waals surface area contributed by atoms with Gasteiger partial charge in [-0.1, -0.05) is 30.3 Å². The third-order valence-corrected chi connectivity index (χ3v) is 7.57. The summed E-state index contributed by atoms with van der Waals surface area (Å²) in [5, 5.41) is 20.0. The highest BCUT2D eigenvalue weighted by Gasteiger charge is 2.30. The van der Waals surface area contributed by atoms with Gasteiger partial charge in [-0.05, 0) is 62.4 Å². The number of benzene rings is 2. The molecule has 3 aromatic rings. The van der Waals surface area contributed by atoms with Crippen molar-refractivity contribution in [2.75, 3.05) is 26.7 Å². The molecule has 3 heterocycles. The standard InChI is InChI=1S/C32H37BN4O7/c1-21-24(20-42-26-13-11-25(12-14-26)33-43-29(39)18-36(4)19-30(40)44-33)8-5-9-27(21)31-22(2)34-32(35-23(31)3)41-17-7-16-37-15-6-10-28(37)38/h5,8-9,11-14,18-19,39-40H,6-7,10,15-17,20H2,1-4H3/b29-18-,30-19?. The summed E-state index contributed by atoms with van der Waals surface area (Å²) in [7, 11) is 0.588. The smallest absolute Gasteiger partial charge is 0.494 e. The van der Waals surface area contributed by atoms with Crippen molar-refractivity contribution in [3.8, 4) is 22.9 Å². The van der Waals surface area contributed by atoms with Crippen LogP contribution in [-0.4, -0.2) is 69.8 Å². The van der Waals surface area contributed by atoms with E-state index in [2.05, 4.69) is 23.0 Å². The molecule has 2 aliphatic rings. The van der Waals surface area contributed by atoms with Crippen LogP contribution in [0.25, 0.3) is 11.1 Å². The van der Waals surface area contributed by atoms with Crippen molar-refractivity contribution < 1.29 is 33.8 Å². The Morgan fingerprint density at radius 1 is 0.955 bits per heavy atom. The van der Waals surface area contributed by atoms with E-state index in [-0.39, 0.29) is 17.8 Å². The second-order valence-electron chi connectivity index (χ2n) is 10.9. The molecule has 12 heteroatoms. The molecule has 0 atom stereocenters. The molecule has 0 saturated carbocycles. The van der Waals surface area contributed by atoms with E-state index in [9.17, 15) is 15.0 Å². The highest BCUT2D eigenvalue weighted by Crippen LogP contribution is 2.31. The summed E-state index contributed by atoms with van der Waals surface area (Å²) < 4.78 is 22.8. The first-order valence-electron chi connectivity index (χ1n) is 14.6. The molecule has 11 nitrogen and oxygen atoms in total. The minimum Gasteiger partial charge on any atom is -0.494 e. The fraction of sp³-hybridized carbons (Fsp3) is 0.344. The van der Waals surface area contributed by atoms with Crippen LogP contribution in [0.4, 0.5) is 0 Å². The molecule has 0 aliphatic carbocycles. The molecular weight excluding hydrogens is 563 g/mol. The van der Waals surface area contributed by atoms with E-state index in [4.69, 9.17) is 18.8 Å². The van der Waals surface area contributed by atoms with Crippen LogP contribution in [0.1, 0.15) is 41.8 Å². The van der Waals surface area contributed by atoms with E-state index in [1.54, 1.807) is 31.3 Å². The second kappa shape index (κ2) is 13.6. The van der Waals surface area contributed by atoms with Crippen molar-refractivity contribution in [3.63, 3.8) is 0 Å². The molecule has 1 aromatic heterocycles. The Hall–Kier alpha value is -4.87. The van der Waals surface area contributed by atoms with Crippen molar-refractivity contribution in [2.24, 2.45) is 0 Å². The largest absolute Gasteiger partial charge is 0.636 e. The Morgan fingerprint density at radius 3 is 2.27 bits per heavy atom. The minimum atomic E-state index is -1.03. The molecule has 1 amide bonds. The molecule has 0 bridgehead atoms. The van der Waals surface area contributed by atoms with Gasteiger partial charge in [-0.2, -0.15) is 9.97 Å². The van der Waals surface area contributed by atoms with Crippen LogP contribution < -0.4 is 14.9 Å². The van der Waals surface area contributed by atoms with Gasteiger partial charge in [-0.25, -0.2) is 0 Å². The Labute approximate surface area is 257 Å². The number of nitrogens with zero attached hydrogens (tertiary/aromatic N) is 4. The number of hydrogen-bond acceptors (Lipinski definition) is 10. The third-order valence-electron chi connectivity index (χ3n) is 7.57. The van der Waals surface area contributed by atoms with Gasteiger partial charge in [0.05, 0.1) is 30.4 Å². The number of aryl methyl sites for hydroxylation is 2. The average molecular weight is 600 g/mol. The number of carbonyl (C=O) groups is 1. The summed E-state index contributed by atoms with van der Waals surface area (Å²) in [6, 6.07) is 13.5. The topological polar surface area (TPSA) is 127 Å². The van der Waals surface area contributed by atoms with Crippen LogP contribution >= 0.6 is 0 Å². The number of rotatable bonds is 10. The number of likely N-dealkylation sites (tertiary alicyclic amines) is 1. The normalized spacial score (nSPS) is 16.4. The lowest BCUT2D eigenvalue weighted by molar-refractivity contribution is -0.127. The summed E-state index contributed by atoms with van der Waals surface area (Å²) in [5.74, 6) is 0.162. The lowest BCUT2D eigenvalue weighted by atomic mass is 9.79. The number of amides is 1. The number of aromatic nitrogens is 2. The summed E-state index contributed by atoms with van der Waals surface area (Å²) in [6.45, 7) is 8.28. The van der Waals surface area contributed by atoms with Crippen LogP contribution in [0.3, 0.4) is 0 Å². The predicted molar refractivity (Wildman–Crippen MR) is 165 cm³/mol. The molecule has 1 saturated heterocycles. The lowest BCUT2D eigenvalue weighted by Crippen LogP contribution is -2.37. The summed E-state index contributed by atoms with van der Waals surface area (Å²) >= 11 is 0. The molecule has 2 aromatic carbocycles. The van der Waals surface area contributed by atoms with E-state index in [1.165, 1.54) is 17.3 Å². The van der Waals surface area contributed by atoms with Crippen molar-refractivity contribution in [1.82, 2.24) is 19.8 Å². The van der Waals surface area contributed by atoms with Gasteiger partial charge in [0.15, 0.2) is 0 Å². The van der Waals surface area contributed by atoms with E-state index < -0.39 is 7.12 Å². The Bertz CT molecular complexity index is 1520. The Kier molecular flexibility index (Phi) is 9.47. The van der Waals surface area contributed by atoms with Crippen molar-refractivity contribution in [2.45, 2.75) is 46.6 Å². The van der Waals surface area contributed by atoms with E-state index in [0.717, 1.165) is 53.0 Å². The zero-order valence-corrected chi connectivity index (χ0v) is 25.4. The van der Waals surface area contributed by atoms with E-state index >= 15 is 0 Å². The highest BCUT2D eigenvalue weighted by molar-refractivity contribution is 6.61. The van der Waals surface area contributed by atoms with Gasteiger partial charge >= 0.3 is 13.1 Å². The molecule has 2 N–H and O–H groups in total. The molecule has 1 fully saturated rings. The average Bonchev–Trinajstić information content (AvgIpc) is 3.38. The van der Waals surface area contributed by atoms with Gasteiger partial charge in [0.1, 0.15) is 12.4 Å². The first-order chi connectivity index (χ1) is 21.2. The number of carbonyl (C=O) groups excluding carboxylic acids is 1. The van der Waals surface area contributed by atoms with Gasteiger partial charge in [0.2, 0.25) is 5.91 Å². The molecule has 0 radical (unpaired) electrons. The SMILES string of the molecule is Cc1nc(OCCCN2CCCC2=O)nc(C)c1-c1cccc(COc2ccc(B3OC(O)=CN(C)/C=C(/O)O3)cc2)c1C. The first-order valence-corrected chi connectivity index (χ1v) is 14.6. The van der Waals surface area contributed by atoms with Crippen LogP contribution in [0, 0.1) is 20.8 Å². The van der Waals surface area contributed by atoms with E-state index in [1.807, 2.05) is 30.9 Å². The number of aliphatic hydroxyl groups excluding tert-OH is 2. The first kappa shape index (κ1) is 30.6. The quantitative estimate of drug-likeness (QED) is 0.255. The van der Waals surface area contributed by atoms with Gasteiger partial charge in [0.25, 0.3) is 11.9 Å². The van der Waals surface area contributed by atoms with Crippen LogP contribution in [0.5, 0.6) is 11.8 Å². The summed E-state index contributed by atoms with van der Waals surface area (Å²) in [6.07, 6.45) is 4.95. The molecule has 44 heavy (non-hydrogen) atoms.